The van der Waals surface area contributed by atoms with E-state index in [9.17, 15) is 0 Å². The van der Waals surface area contributed by atoms with Gasteiger partial charge in [-0.1, -0.05) is 19.8 Å². The monoisotopic (exact) mass is 154 g/mol. The average Bonchev–Trinajstić information content (AvgIpc) is 2.06. The van der Waals surface area contributed by atoms with Gasteiger partial charge in [0, 0.05) is 12.6 Å². The molecule has 1 heterocycles. The van der Waals surface area contributed by atoms with Crippen LogP contribution in [-0.4, -0.2) is 12.6 Å². The third-order valence-electron chi connectivity index (χ3n) is 3.26. The molecule has 1 aliphatic carbocycles. The molecule has 1 saturated carbocycles. The van der Waals surface area contributed by atoms with E-state index in [-0.39, 0.29) is 0 Å². The van der Waals surface area contributed by atoms with Crippen molar-refractivity contribution in [2.75, 3.05) is 6.54 Å². The zero-order valence-corrected chi connectivity index (χ0v) is 7.27. The number of nitrogens with one attached hydrogen (secondary N) is 2. The number of fused-ring (bicyclic) bond motifs is 1. The van der Waals surface area contributed by atoms with Crippen LogP contribution in [0.3, 0.4) is 0 Å². The van der Waals surface area contributed by atoms with E-state index in [1.165, 1.54) is 25.7 Å². The van der Waals surface area contributed by atoms with Gasteiger partial charge in [0.15, 0.2) is 0 Å². The lowest BCUT2D eigenvalue weighted by atomic mass is 9.76. The van der Waals surface area contributed by atoms with Gasteiger partial charge in [0.25, 0.3) is 0 Å². The Kier molecular flexibility index (Phi) is 2.14. The maximum absolute atomic E-state index is 3.40. The summed E-state index contributed by atoms with van der Waals surface area (Å²) in [6.45, 7) is 3.53. The smallest absolute Gasteiger partial charge is 0.0244 e. The lowest BCUT2D eigenvalue weighted by molar-refractivity contribution is 0.131. The van der Waals surface area contributed by atoms with Crippen molar-refractivity contribution in [3.05, 3.63) is 0 Å². The first-order valence-corrected chi connectivity index (χ1v) is 4.86. The Balaban J connectivity index is 1.99. The minimum absolute atomic E-state index is 0.771. The largest absolute Gasteiger partial charge is 0.257 e. The quantitative estimate of drug-likeness (QED) is 0.549. The Morgan fingerprint density at radius 1 is 1.18 bits per heavy atom. The summed E-state index contributed by atoms with van der Waals surface area (Å²) in [5.74, 6) is 1.83. The molecule has 0 aromatic carbocycles. The maximum atomic E-state index is 3.40. The summed E-state index contributed by atoms with van der Waals surface area (Å²) in [7, 11) is 0. The van der Waals surface area contributed by atoms with Crippen LogP contribution in [-0.2, 0) is 0 Å². The van der Waals surface area contributed by atoms with Crippen LogP contribution in [0.4, 0.5) is 0 Å². The molecule has 2 nitrogen and oxygen atoms in total. The third-order valence-corrected chi connectivity index (χ3v) is 3.26. The number of rotatable bonds is 0. The Bertz CT molecular complexity index is 134. The molecule has 0 radical (unpaired) electrons. The van der Waals surface area contributed by atoms with Gasteiger partial charge in [-0.25, -0.2) is 0 Å². The molecule has 1 aliphatic heterocycles. The summed E-state index contributed by atoms with van der Waals surface area (Å²) in [6.07, 6.45) is 5.69. The van der Waals surface area contributed by atoms with Gasteiger partial charge in [-0.3, -0.25) is 10.9 Å². The zero-order chi connectivity index (χ0) is 7.68. The van der Waals surface area contributed by atoms with Crippen LogP contribution in [0.15, 0.2) is 0 Å². The average molecular weight is 154 g/mol. The summed E-state index contributed by atoms with van der Waals surface area (Å²) >= 11 is 0. The van der Waals surface area contributed by atoms with E-state index in [1.807, 2.05) is 0 Å². The van der Waals surface area contributed by atoms with Crippen molar-refractivity contribution >= 4 is 0 Å². The number of hydrogen-bond acceptors (Lipinski definition) is 2. The van der Waals surface area contributed by atoms with Gasteiger partial charge in [-0.05, 0) is 24.7 Å². The summed E-state index contributed by atoms with van der Waals surface area (Å²) in [5.41, 5.74) is 6.69. The predicted octanol–water partition coefficient (Wildman–Crippen LogP) is 1.29. The van der Waals surface area contributed by atoms with Gasteiger partial charge in [0.2, 0.25) is 0 Å². The molecule has 0 amide bonds. The van der Waals surface area contributed by atoms with Crippen LogP contribution in [0.5, 0.6) is 0 Å². The highest BCUT2D eigenvalue weighted by molar-refractivity contribution is 4.86. The molecule has 64 valence electrons. The fourth-order valence-corrected chi connectivity index (χ4v) is 2.52. The van der Waals surface area contributed by atoms with E-state index < -0.39 is 0 Å². The topological polar surface area (TPSA) is 24.1 Å². The summed E-state index contributed by atoms with van der Waals surface area (Å²) in [5, 5.41) is 0. The SMILES string of the molecule is CC1CNNC2CCCCC12. The molecule has 0 spiro atoms. The van der Waals surface area contributed by atoms with Gasteiger partial charge >= 0.3 is 0 Å². The number of hydrogen-bond donors (Lipinski definition) is 2. The second-order valence-corrected chi connectivity index (χ2v) is 4.06. The van der Waals surface area contributed by atoms with Gasteiger partial charge in [-0.15, -0.1) is 0 Å². The first-order valence-electron chi connectivity index (χ1n) is 4.86. The summed E-state index contributed by atoms with van der Waals surface area (Å²) < 4.78 is 0. The molecule has 2 N–H and O–H groups in total. The van der Waals surface area contributed by atoms with E-state index in [1.54, 1.807) is 0 Å². The van der Waals surface area contributed by atoms with Crippen molar-refractivity contribution < 1.29 is 0 Å². The highest BCUT2D eigenvalue weighted by Gasteiger charge is 2.31. The molecule has 1 saturated heterocycles. The lowest BCUT2D eigenvalue weighted by Crippen LogP contribution is -2.55. The van der Waals surface area contributed by atoms with Crippen LogP contribution < -0.4 is 10.9 Å². The van der Waals surface area contributed by atoms with E-state index in [0.717, 1.165) is 24.4 Å². The van der Waals surface area contributed by atoms with E-state index in [2.05, 4.69) is 17.8 Å². The van der Waals surface area contributed by atoms with Crippen molar-refractivity contribution in [3.8, 4) is 0 Å². The van der Waals surface area contributed by atoms with E-state index >= 15 is 0 Å². The molecular formula is C9H18N2. The molecule has 0 aromatic heterocycles. The standard InChI is InChI=1S/C9H18N2/c1-7-6-10-11-9-5-3-2-4-8(7)9/h7-11H,2-6H2,1H3. The molecule has 0 aromatic rings. The normalized spacial score (nSPS) is 45.0. The van der Waals surface area contributed by atoms with E-state index in [0.29, 0.717) is 0 Å². The second-order valence-electron chi connectivity index (χ2n) is 4.06. The third kappa shape index (κ3) is 1.42. The molecule has 11 heavy (non-hydrogen) atoms. The fraction of sp³-hybridized carbons (Fsp3) is 1.00. The van der Waals surface area contributed by atoms with E-state index in [4.69, 9.17) is 0 Å². The van der Waals surface area contributed by atoms with Crippen molar-refractivity contribution in [2.45, 2.75) is 38.6 Å². The van der Waals surface area contributed by atoms with Gasteiger partial charge in [0.1, 0.15) is 0 Å². The molecule has 3 unspecified atom stereocenters. The highest BCUT2D eigenvalue weighted by Crippen LogP contribution is 2.31. The minimum atomic E-state index is 0.771. The highest BCUT2D eigenvalue weighted by atomic mass is 15.4. The minimum Gasteiger partial charge on any atom is -0.257 e. The lowest BCUT2D eigenvalue weighted by Gasteiger charge is -2.40. The molecule has 0 bridgehead atoms. The summed E-state index contributed by atoms with van der Waals surface area (Å²) in [6, 6.07) is 0.771. The van der Waals surface area contributed by atoms with Crippen LogP contribution >= 0.6 is 0 Å². The Morgan fingerprint density at radius 3 is 2.82 bits per heavy atom. The zero-order valence-electron chi connectivity index (χ0n) is 7.27. The van der Waals surface area contributed by atoms with Crippen molar-refractivity contribution in [1.29, 1.82) is 0 Å². The second kappa shape index (κ2) is 3.11. The van der Waals surface area contributed by atoms with Gasteiger partial charge in [0.05, 0.1) is 0 Å². The fourth-order valence-electron chi connectivity index (χ4n) is 2.52. The molecule has 2 rings (SSSR count). The number of hydrazine groups is 1. The van der Waals surface area contributed by atoms with Crippen LogP contribution in [0.25, 0.3) is 0 Å². The maximum Gasteiger partial charge on any atom is 0.0244 e. The van der Waals surface area contributed by atoms with Crippen molar-refractivity contribution in [3.63, 3.8) is 0 Å². The first kappa shape index (κ1) is 7.56. The van der Waals surface area contributed by atoms with Gasteiger partial charge in [-0.2, -0.15) is 0 Å². The van der Waals surface area contributed by atoms with Crippen LogP contribution in [0, 0.1) is 11.8 Å². The first-order chi connectivity index (χ1) is 5.38. The van der Waals surface area contributed by atoms with Gasteiger partial charge < -0.3 is 0 Å². The van der Waals surface area contributed by atoms with Crippen LogP contribution in [0.2, 0.25) is 0 Å². The van der Waals surface area contributed by atoms with Crippen molar-refractivity contribution in [2.24, 2.45) is 11.8 Å². The Hall–Kier alpha value is -0.0800. The molecule has 2 fully saturated rings. The Morgan fingerprint density at radius 2 is 2.00 bits per heavy atom. The van der Waals surface area contributed by atoms with Crippen molar-refractivity contribution in [1.82, 2.24) is 10.9 Å². The molecule has 2 heteroatoms. The molecular weight excluding hydrogens is 136 g/mol. The van der Waals surface area contributed by atoms with Crippen LogP contribution in [0.1, 0.15) is 32.6 Å². The predicted molar refractivity (Wildman–Crippen MR) is 46.0 cm³/mol. The Labute approximate surface area is 68.7 Å². The molecule has 2 aliphatic rings. The molecule has 3 atom stereocenters. The summed E-state index contributed by atoms with van der Waals surface area (Å²) in [4.78, 5) is 0.